The summed E-state index contributed by atoms with van der Waals surface area (Å²) >= 11 is 0.740. The molecule has 0 aromatic heterocycles. The average Bonchev–Trinajstić information content (AvgIpc) is 3.56. The number of fused-ring (bicyclic) bond motifs is 1. The van der Waals surface area contributed by atoms with Gasteiger partial charge in [-0.1, -0.05) is 38.1 Å². The topological polar surface area (TPSA) is 133 Å². The molecule has 44 heavy (non-hydrogen) atoms. The molecule has 0 aliphatic carbocycles. The fourth-order valence-corrected chi connectivity index (χ4v) is 5.39. The Morgan fingerprint density at radius 3 is 2.55 bits per heavy atom. The van der Waals surface area contributed by atoms with E-state index in [1.165, 1.54) is 0 Å². The van der Waals surface area contributed by atoms with E-state index in [0.717, 1.165) is 27.9 Å². The summed E-state index contributed by atoms with van der Waals surface area (Å²) in [6.07, 6.45) is 1.54. The number of benzene rings is 3. The summed E-state index contributed by atoms with van der Waals surface area (Å²) in [7, 11) is 0. The minimum Gasteiger partial charge on any atom is -0.490 e. The van der Waals surface area contributed by atoms with E-state index in [-0.39, 0.29) is 30.1 Å². The Morgan fingerprint density at radius 2 is 1.75 bits per heavy atom. The van der Waals surface area contributed by atoms with Gasteiger partial charge >= 0.3 is 0 Å². The first-order valence-electron chi connectivity index (χ1n) is 13.9. The Morgan fingerprint density at radius 1 is 0.955 bits per heavy atom. The van der Waals surface area contributed by atoms with Crippen LogP contribution in [0.15, 0.2) is 65.6 Å². The number of carbonyl (C=O) groups excluding carboxylic acids is 4. The Hall–Kier alpha value is -4.97. The Labute approximate surface area is 258 Å². The van der Waals surface area contributed by atoms with Crippen molar-refractivity contribution < 1.29 is 38.1 Å². The van der Waals surface area contributed by atoms with Gasteiger partial charge in [-0.25, -0.2) is 0 Å². The summed E-state index contributed by atoms with van der Waals surface area (Å²) in [5.74, 6) is 0.589. The van der Waals surface area contributed by atoms with E-state index >= 15 is 0 Å². The first-order valence-corrected chi connectivity index (χ1v) is 14.8. The molecule has 3 aromatic carbocycles. The maximum Gasteiger partial charge on any atom is 0.294 e. The molecule has 0 unspecified atom stereocenters. The van der Waals surface area contributed by atoms with Gasteiger partial charge in [0.2, 0.25) is 12.7 Å². The predicted molar refractivity (Wildman–Crippen MR) is 166 cm³/mol. The highest BCUT2D eigenvalue weighted by atomic mass is 32.2. The minimum atomic E-state index is -0.586. The molecule has 3 aromatic rings. The zero-order chi connectivity index (χ0) is 31.2. The average molecular weight is 618 g/mol. The summed E-state index contributed by atoms with van der Waals surface area (Å²) in [6, 6.07) is 17.5. The number of anilines is 2. The second-order valence-electron chi connectivity index (χ2n) is 10.1. The van der Waals surface area contributed by atoms with Gasteiger partial charge in [0.1, 0.15) is 6.54 Å². The Bertz CT molecular complexity index is 1640. The van der Waals surface area contributed by atoms with E-state index in [2.05, 4.69) is 24.5 Å². The zero-order valence-corrected chi connectivity index (χ0v) is 25.2. The molecule has 2 heterocycles. The number of thioether (sulfide) groups is 1. The van der Waals surface area contributed by atoms with Crippen LogP contribution in [0.2, 0.25) is 0 Å². The number of hydrogen-bond donors (Lipinski definition) is 2. The van der Waals surface area contributed by atoms with Crippen LogP contribution in [0.3, 0.4) is 0 Å². The molecule has 0 bridgehead atoms. The minimum absolute atomic E-state index is 0.100. The van der Waals surface area contributed by atoms with E-state index in [1.807, 2.05) is 31.2 Å². The molecule has 11 nitrogen and oxygen atoms in total. The highest BCUT2D eigenvalue weighted by Gasteiger charge is 2.36. The van der Waals surface area contributed by atoms with Crippen LogP contribution >= 0.6 is 11.8 Å². The molecule has 0 saturated carbocycles. The van der Waals surface area contributed by atoms with Crippen LogP contribution in [0, 0.1) is 0 Å². The van der Waals surface area contributed by atoms with Gasteiger partial charge in [0.25, 0.3) is 17.1 Å². The van der Waals surface area contributed by atoms with Gasteiger partial charge in [-0.05, 0) is 72.1 Å². The van der Waals surface area contributed by atoms with Crippen molar-refractivity contribution >= 4 is 52.2 Å². The fraction of sp³-hybridized carbons (Fsp3) is 0.250. The molecule has 1 fully saturated rings. The predicted octanol–water partition coefficient (Wildman–Crippen LogP) is 5.63. The number of para-hydroxylation sites is 1. The van der Waals surface area contributed by atoms with Gasteiger partial charge in [0.05, 0.1) is 11.5 Å². The highest BCUT2D eigenvalue weighted by molar-refractivity contribution is 8.18. The highest BCUT2D eigenvalue weighted by Crippen LogP contribution is 2.36. The van der Waals surface area contributed by atoms with Crippen LogP contribution < -0.4 is 29.6 Å². The smallest absolute Gasteiger partial charge is 0.294 e. The Balaban J connectivity index is 1.21. The van der Waals surface area contributed by atoms with Crippen LogP contribution in [-0.4, -0.2) is 54.4 Å². The number of nitrogens with one attached hydrogen (secondary N) is 2. The summed E-state index contributed by atoms with van der Waals surface area (Å²) in [5.41, 5.74) is 2.78. The van der Waals surface area contributed by atoms with E-state index in [1.54, 1.807) is 42.5 Å². The van der Waals surface area contributed by atoms with Crippen LogP contribution in [0.5, 0.6) is 23.0 Å². The van der Waals surface area contributed by atoms with Crippen molar-refractivity contribution in [3.63, 3.8) is 0 Å². The molecular weight excluding hydrogens is 586 g/mol. The lowest BCUT2D eigenvalue weighted by Gasteiger charge is -2.15. The molecule has 0 spiro atoms. The number of imide groups is 1. The summed E-state index contributed by atoms with van der Waals surface area (Å²) in [5, 5.41) is 5.00. The van der Waals surface area contributed by atoms with E-state index < -0.39 is 23.6 Å². The second kappa shape index (κ2) is 13.6. The number of carbonyl (C=O) groups is 4. The van der Waals surface area contributed by atoms with Crippen molar-refractivity contribution in [3.05, 3.63) is 76.7 Å². The van der Waals surface area contributed by atoms with Crippen LogP contribution in [0.4, 0.5) is 16.2 Å². The molecule has 0 radical (unpaired) electrons. The molecule has 2 aliphatic rings. The number of ether oxygens (including phenoxy) is 4. The van der Waals surface area contributed by atoms with Gasteiger partial charge in [-0.3, -0.25) is 24.1 Å². The first kappa shape index (κ1) is 30.5. The summed E-state index contributed by atoms with van der Waals surface area (Å²) < 4.78 is 22.1. The first-order chi connectivity index (χ1) is 21.2. The number of amides is 4. The molecule has 5 rings (SSSR count). The third-order valence-electron chi connectivity index (χ3n) is 6.61. The monoisotopic (exact) mass is 617 g/mol. The van der Waals surface area contributed by atoms with Crippen LogP contribution in [0.25, 0.3) is 6.08 Å². The summed E-state index contributed by atoms with van der Waals surface area (Å²) in [4.78, 5) is 52.0. The van der Waals surface area contributed by atoms with E-state index in [4.69, 9.17) is 18.9 Å². The van der Waals surface area contributed by atoms with Gasteiger partial charge < -0.3 is 29.6 Å². The largest absolute Gasteiger partial charge is 0.490 e. The number of rotatable bonds is 11. The van der Waals surface area contributed by atoms with Crippen LogP contribution in [0.1, 0.15) is 37.8 Å². The number of hydrogen-bond acceptors (Lipinski definition) is 9. The fourth-order valence-electron chi connectivity index (χ4n) is 4.55. The molecule has 0 atom stereocenters. The summed E-state index contributed by atoms with van der Waals surface area (Å²) in [6.45, 7) is 5.67. The maximum atomic E-state index is 13.0. The lowest BCUT2D eigenvalue weighted by molar-refractivity contribution is -0.127. The van der Waals surface area contributed by atoms with Crippen molar-refractivity contribution in [2.45, 2.75) is 26.7 Å². The lowest BCUT2D eigenvalue weighted by atomic mass is 10.0. The van der Waals surface area contributed by atoms with Crippen molar-refractivity contribution in [1.29, 1.82) is 0 Å². The van der Waals surface area contributed by atoms with Crippen molar-refractivity contribution in [1.82, 2.24) is 4.90 Å². The molecular formula is C32H31N3O8S. The molecule has 1 saturated heterocycles. The van der Waals surface area contributed by atoms with Gasteiger partial charge in [0, 0.05) is 17.4 Å². The van der Waals surface area contributed by atoms with Crippen molar-refractivity contribution in [3.8, 4) is 23.0 Å². The van der Waals surface area contributed by atoms with Gasteiger partial charge in [0.15, 0.2) is 29.6 Å². The molecule has 228 valence electrons. The third-order valence-corrected chi connectivity index (χ3v) is 7.52. The van der Waals surface area contributed by atoms with Crippen molar-refractivity contribution in [2.75, 3.05) is 37.2 Å². The third kappa shape index (κ3) is 7.14. The molecule has 4 amide bonds. The van der Waals surface area contributed by atoms with E-state index in [0.29, 0.717) is 40.9 Å². The SMILES string of the molecule is CCOc1cc(/C=C2/SC(=O)N(CC(=O)Nc3ccc4c(c3)OCO4)C2=O)ccc1OCC(=O)Nc1ccccc1C(C)C. The zero-order valence-electron chi connectivity index (χ0n) is 24.4. The van der Waals surface area contributed by atoms with Gasteiger partial charge in [-0.15, -0.1) is 0 Å². The standard InChI is InChI=1S/C32H31N3O8S/c1-4-40-26-13-20(9-11-24(26)41-17-30(37)34-23-8-6-5-7-22(23)19(2)3)14-28-31(38)35(32(39)44-28)16-29(36)33-21-10-12-25-27(15-21)43-18-42-25/h5-15,19H,4,16-18H2,1-3H3,(H,33,36)(H,34,37)/b28-14+. The number of nitrogens with zero attached hydrogens (tertiary/aromatic N) is 1. The quantitative estimate of drug-likeness (QED) is 0.263. The molecule has 2 N–H and O–H groups in total. The second-order valence-corrected chi connectivity index (χ2v) is 11.1. The maximum absolute atomic E-state index is 13.0. The Kier molecular flexibility index (Phi) is 9.39. The molecule has 12 heteroatoms. The molecule has 2 aliphatic heterocycles. The normalized spacial score (nSPS) is 14.7. The van der Waals surface area contributed by atoms with Crippen LogP contribution in [-0.2, 0) is 14.4 Å². The van der Waals surface area contributed by atoms with E-state index in [9.17, 15) is 19.2 Å². The van der Waals surface area contributed by atoms with Gasteiger partial charge in [-0.2, -0.15) is 0 Å². The lowest BCUT2D eigenvalue weighted by Crippen LogP contribution is -2.36. The van der Waals surface area contributed by atoms with Crippen molar-refractivity contribution in [2.24, 2.45) is 0 Å².